The molecule has 146 valence electrons. The molecule has 0 atom stereocenters. The Bertz CT molecular complexity index is 799. The smallest absolute Gasteiger partial charge is 0.337 e. The summed E-state index contributed by atoms with van der Waals surface area (Å²) in [6, 6.07) is 3.07. The van der Waals surface area contributed by atoms with Crippen LogP contribution in [0.2, 0.25) is 0 Å². The Kier molecular flexibility index (Phi) is 5.11. The van der Waals surface area contributed by atoms with Crippen molar-refractivity contribution >= 4 is 23.6 Å². The van der Waals surface area contributed by atoms with Crippen molar-refractivity contribution < 1.29 is 19.4 Å². The number of carboxylic acid groups (broad SMARTS) is 1. The molecule has 1 heterocycles. The van der Waals surface area contributed by atoms with E-state index in [1.807, 2.05) is 6.92 Å². The Morgan fingerprint density at radius 2 is 1.96 bits per heavy atom. The molecule has 0 saturated heterocycles. The Morgan fingerprint density at radius 1 is 1.26 bits per heavy atom. The largest absolute Gasteiger partial charge is 0.493 e. The van der Waals surface area contributed by atoms with E-state index >= 15 is 0 Å². The van der Waals surface area contributed by atoms with Crippen LogP contribution in [0.5, 0.6) is 11.5 Å². The third-order valence-electron chi connectivity index (χ3n) is 4.90. The van der Waals surface area contributed by atoms with Gasteiger partial charge in [-0.05, 0) is 32.6 Å². The number of carboxylic acids is 1. The number of hydrogen-bond acceptors (Lipinski definition) is 8. The van der Waals surface area contributed by atoms with E-state index in [-0.39, 0.29) is 17.5 Å². The highest BCUT2D eigenvalue weighted by Crippen LogP contribution is 2.43. The lowest BCUT2D eigenvalue weighted by Gasteiger charge is -2.46. The zero-order chi connectivity index (χ0) is 19.6. The van der Waals surface area contributed by atoms with Gasteiger partial charge in [0, 0.05) is 12.1 Å². The van der Waals surface area contributed by atoms with E-state index in [4.69, 9.17) is 20.9 Å². The first-order valence-electron chi connectivity index (χ1n) is 8.99. The van der Waals surface area contributed by atoms with Gasteiger partial charge in [-0.25, -0.2) is 9.79 Å². The maximum atomic E-state index is 12.0. The fraction of sp³-hybridized carbons (Fsp3) is 0.500. The molecule has 1 spiro atoms. The number of guanidine groups is 2. The Hall–Kier alpha value is -2.97. The van der Waals surface area contributed by atoms with E-state index in [1.54, 1.807) is 11.0 Å². The summed E-state index contributed by atoms with van der Waals surface area (Å²) < 4.78 is 10.9. The standard InChI is InChI=1S/C18H25N5O4/c1-3-27-14-9-11(15(24)25)12(10-13(14)26-2)23-17(20)21-16(19)22-18(23)7-5-4-6-8-18/h9-10H,3-8H2,1-2H3,(H,24,25)(H4,19,20,21,22). The summed E-state index contributed by atoms with van der Waals surface area (Å²) in [5, 5.41) is 9.81. The minimum Gasteiger partial charge on any atom is -0.493 e. The van der Waals surface area contributed by atoms with Crippen LogP contribution in [0, 0.1) is 0 Å². The van der Waals surface area contributed by atoms with Crippen LogP contribution < -0.4 is 25.8 Å². The Balaban J connectivity index is 2.20. The average molecular weight is 375 g/mol. The third kappa shape index (κ3) is 3.36. The van der Waals surface area contributed by atoms with E-state index in [0.29, 0.717) is 36.6 Å². The van der Waals surface area contributed by atoms with Gasteiger partial charge in [-0.3, -0.25) is 4.90 Å². The molecule has 27 heavy (non-hydrogen) atoms. The van der Waals surface area contributed by atoms with Crippen molar-refractivity contribution in [3.8, 4) is 11.5 Å². The van der Waals surface area contributed by atoms with Crippen LogP contribution in [0.25, 0.3) is 0 Å². The van der Waals surface area contributed by atoms with Crippen molar-refractivity contribution in [1.82, 2.24) is 0 Å². The number of carbonyl (C=O) groups is 1. The highest BCUT2D eigenvalue weighted by molar-refractivity contribution is 6.09. The molecule has 1 aromatic rings. The van der Waals surface area contributed by atoms with Crippen molar-refractivity contribution in [2.45, 2.75) is 44.7 Å². The molecule has 1 aliphatic carbocycles. The number of ether oxygens (including phenoxy) is 2. The average Bonchev–Trinajstić information content (AvgIpc) is 2.62. The fourth-order valence-electron chi connectivity index (χ4n) is 3.80. The zero-order valence-electron chi connectivity index (χ0n) is 15.6. The molecule has 0 aromatic heterocycles. The van der Waals surface area contributed by atoms with Gasteiger partial charge in [0.15, 0.2) is 11.5 Å². The molecule has 3 rings (SSSR count). The third-order valence-corrected chi connectivity index (χ3v) is 4.90. The molecule has 9 heteroatoms. The minimum atomic E-state index is -1.10. The van der Waals surface area contributed by atoms with Crippen molar-refractivity contribution in [2.24, 2.45) is 21.5 Å². The molecule has 9 nitrogen and oxygen atoms in total. The van der Waals surface area contributed by atoms with Crippen LogP contribution in [-0.4, -0.2) is 42.4 Å². The molecule has 0 bridgehead atoms. The number of nitrogens with two attached hydrogens (primary N) is 2. The van der Waals surface area contributed by atoms with Gasteiger partial charge in [0.2, 0.25) is 11.9 Å². The van der Waals surface area contributed by atoms with E-state index in [0.717, 1.165) is 19.3 Å². The van der Waals surface area contributed by atoms with E-state index in [1.165, 1.54) is 13.2 Å². The van der Waals surface area contributed by atoms with Crippen LogP contribution in [0.1, 0.15) is 49.4 Å². The predicted octanol–water partition coefficient (Wildman–Crippen LogP) is 1.90. The van der Waals surface area contributed by atoms with E-state index in [9.17, 15) is 9.90 Å². The number of hydrogen-bond donors (Lipinski definition) is 3. The highest BCUT2D eigenvalue weighted by atomic mass is 16.5. The normalized spacial score (nSPS) is 18.7. The SMILES string of the molecule is CCOc1cc(C(=O)O)c(N2C(N)=NC(N)=NC23CCCCC3)cc1OC. The maximum Gasteiger partial charge on any atom is 0.337 e. The van der Waals surface area contributed by atoms with Gasteiger partial charge in [0.25, 0.3) is 0 Å². The molecular formula is C18H25N5O4. The zero-order valence-corrected chi connectivity index (χ0v) is 15.6. The van der Waals surface area contributed by atoms with E-state index in [2.05, 4.69) is 9.98 Å². The van der Waals surface area contributed by atoms with Crippen molar-refractivity contribution in [2.75, 3.05) is 18.6 Å². The van der Waals surface area contributed by atoms with Crippen LogP contribution in [0.3, 0.4) is 0 Å². The molecule has 1 aliphatic heterocycles. The summed E-state index contributed by atoms with van der Waals surface area (Å²) in [6.07, 6.45) is 4.38. The summed E-state index contributed by atoms with van der Waals surface area (Å²) in [5.74, 6) is -0.0963. The quantitative estimate of drug-likeness (QED) is 0.715. The van der Waals surface area contributed by atoms with Crippen molar-refractivity contribution in [3.63, 3.8) is 0 Å². The summed E-state index contributed by atoms with van der Waals surface area (Å²) in [5.41, 5.74) is 11.8. The number of methoxy groups -OCH3 is 1. The number of nitrogens with zero attached hydrogens (tertiary/aromatic N) is 3. The van der Waals surface area contributed by atoms with Gasteiger partial charge in [-0.2, -0.15) is 4.99 Å². The second-order valence-corrected chi connectivity index (χ2v) is 6.58. The number of rotatable bonds is 5. The minimum absolute atomic E-state index is 0.0398. The summed E-state index contributed by atoms with van der Waals surface area (Å²) in [4.78, 5) is 22.4. The molecule has 0 unspecified atom stereocenters. The molecule has 2 aliphatic rings. The predicted molar refractivity (Wildman–Crippen MR) is 103 cm³/mol. The molecule has 1 aromatic carbocycles. The first-order chi connectivity index (χ1) is 12.9. The topological polar surface area (TPSA) is 136 Å². The first-order valence-corrected chi connectivity index (χ1v) is 8.99. The maximum absolute atomic E-state index is 12.0. The second kappa shape index (κ2) is 7.34. The Morgan fingerprint density at radius 3 is 2.56 bits per heavy atom. The molecule has 5 N–H and O–H groups in total. The van der Waals surface area contributed by atoms with Gasteiger partial charge in [-0.15, -0.1) is 0 Å². The lowest BCUT2D eigenvalue weighted by Crippen LogP contribution is -2.58. The highest BCUT2D eigenvalue weighted by Gasteiger charge is 2.44. The van der Waals surface area contributed by atoms with Gasteiger partial charge in [0.1, 0.15) is 5.66 Å². The number of benzene rings is 1. The van der Waals surface area contributed by atoms with Crippen LogP contribution in [-0.2, 0) is 0 Å². The number of aromatic carboxylic acids is 1. The molecule has 1 fully saturated rings. The van der Waals surface area contributed by atoms with E-state index < -0.39 is 11.6 Å². The lowest BCUT2D eigenvalue weighted by atomic mass is 9.87. The summed E-state index contributed by atoms with van der Waals surface area (Å²) in [6.45, 7) is 2.20. The van der Waals surface area contributed by atoms with Crippen LogP contribution in [0.15, 0.2) is 22.1 Å². The fourth-order valence-corrected chi connectivity index (χ4v) is 3.80. The number of anilines is 1. The first kappa shape index (κ1) is 18.8. The van der Waals surface area contributed by atoms with Crippen LogP contribution >= 0.6 is 0 Å². The summed E-state index contributed by atoms with van der Waals surface area (Å²) >= 11 is 0. The van der Waals surface area contributed by atoms with Crippen LogP contribution in [0.4, 0.5) is 5.69 Å². The lowest BCUT2D eigenvalue weighted by molar-refractivity contribution is 0.0697. The second-order valence-electron chi connectivity index (χ2n) is 6.58. The monoisotopic (exact) mass is 375 g/mol. The Labute approximate surface area is 157 Å². The molecular weight excluding hydrogens is 350 g/mol. The van der Waals surface area contributed by atoms with Crippen molar-refractivity contribution in [3.05, 3.63) is 17.7 Å². The van der Waals surface area contributed by atoms with Gasteiger partial charge in [0.05, 0.1) is 25.0 Å². The van der Waals surface area contributed by atoms with Gasteiger partial charge >= 0.3 is 5.97 Å². The molecule has 0 amide bonds. The summed E-state index contributed by atoms with van der Waals surface area (Å²) in [7, 11) is 1.50. The number of aliphatic imine (C=N–C) groups is 2. The molecule has 0 radical (unpaired) electrons. The van der Waals surface area contributed by atoms with Crippen molar-refractivity contribution in [1.29, 1.82) is 0 Å². The van der Waals surface area contributed by atoms with Gasteiger partial charge in [-0.1, -0.05) is 6.42 Å². The molecule has 1 saturated carbocycles. The van der Waals surface area contributed by atoms with Gasteiger partial charge < -0.3 is 26.0 Å².